The molecule has 3 N–H and O–H groups in total. The Morgan fingerprint density at radius 3 is 2.43 bits per heavy atom. The lowest BCUT2D eigenvalue weighted by Gasteiger charge is -2.14. The van der Waals surface area contributed by atoms with Crippen LogP contribution >= 0.6 is 11.8 Å². The molecule has 8 heteroatoms. The van der Waals surface area contributed by atoms with E-state index in [2.05, 4.69) is 15.3 Å². The third-order valence-corrected chi connectivity index (χ3v) is 3.98. The average Bonchev–Trinajstić information content (AvgIpc) is 2.75. The van der Waals surface area contributed by atoms with E-state index in [1.54, 1.807) is 24.9 Å². The molecule has 3 rings (SSSR count). The van der Waals surface area contributed by atoms with Crippen LogP contribution in [0.2, 0.25) is 0 Å². The summed E-state index contributed by atoms with van der Waals surface area (Å²) in [6.45, 7) is 3.02. The van der Waals surface area contributed by atoms with Gasteiger partial charge in [-0.05, 0) is 49.3 Å². The van der Waals surface area contributed by atoms with Crippen LogP contribution in [0, 0.1) is 5.82 Å². The Morgan fingerprint density at radius 2 is 1.80 bits per heavy atom. The van der Waals surface area contributed by atoms with Crippen LogP contribution in [0.5, 0.6) is 11.5 Å². The first kappa shape index (κ1) is 23.3. The Balaban J connectivity index is 0.00000101. The Bertz CT molecular complexity index is 939. The second-order valence-corrected chi connectivity index (χ2v) is 6.99. The van der Waals surface area contributed by atoms with Crippen LogP contribution in [0.1, 0.15) is 12.5 Å². The molecule has 2 aromatic carbocycles. The Morgan fingerprint density at radius 1 is 1.10 bits per heavy atom. The number of nitrogens with zero attached hydrogens (tertiary/aromatic N) is 2. The number of hydrogen-bond acceptors (Lipinski definition) is 7. The summed E-state index contributed by atoms with van der Waals surface area (Å²) >= 11 is 1.75. The molecule has 0 spiro atoms. The van der Waals surface area contributed by atoms with Gasteiger partial charge in [0.2, 0.25) is 0 Å². The highest BCUT2D eigenvalue weighted by Crippen LogP contribution is 2.31. The number of nitrogen functional groups attached to an aromatic ring is 1. The standard InChI is InChI=1S/C20H21FN4O2.C2H6S/c1-3-27-18-9-13(7-8-17(18)26-2)10-23-16-6-4-5-15(19(16)22)20-24-11-14(21)12-25-20;1-3-2/h4-9,11-12,23H,3,10,22H2,1-2H3;1-2H3. The summed E-state index contributed by atoms with van der Waals surface area (Å²) in [5.41, 5.74) is 9.17. The zero-order valence-electron chi connectivity index (χ0n) is 17.6. The number of hydrogen-bond donors (Lipinski definition) is 2. The first-order chi connectivity index (χ1) is 14.5. The highest BCUT2D eigenvalue weighted by Gasteiger charge is 2.10. The summed E-state index contributed by atoms with van der Waals surface area (Å²) in [7, 11) is 1.61. The number of nitrogens with two attached hydrogens (primary N) is 1. The molecule has 0 fully saturated rings. The van der Waals surface area contributed by atoms with Crippen LogP contribution in [0.3, 0.4) is 0 Å². The van der Waals surface area contributed by atoms with Gasteiger partial charge in [0.15, 0.2) is 23.1 Å². The van der Waals surface area contributed by atoms with E-state index in [9.17, 15) is 4.39 Å². The average molecular weight is 431 g/mol. The van der Waals surface area contributed by atoms with E-state index in [1.165, 1.54) is 0 Å². The van der Waals surface area contributed by atoms with Gasteiger partial charge in [-0.1, -0.05) is 12.1 Å². The minimum atomic E-state index is -0.490. The fourth-order valence-electron chi connectivity index (χ4n) is 2.66. The molecular formula is C22H27FN4O2S. The number of thioether (sulfide) groups is 1. The molecule has 30 heavy (non-hydrogen) atoms. The minimum absolute atomic E-state index is 0.376. The van der Waals surface area contributed by atoms with E-state index in [-0.39, 0.29) is 0 Å². The summed E-state index contributed by atoms with van der Waals surface area (Å²) in [5.74, 6) is 1.27. The van der Waals surface area contributed by atoms with Crippen molar-refractivity contribution in [1.29, 1.82) is 0 Å². The first-order valence-electron chi connectivity index (χ1n) is 9.34. The van der Waals surface area contributed by atoms with Gasteiger partial charge in [-0.15, -0.1) is 0 Å². The van der Waals surface area contributed by atoms with Crippen molar-refractivity contribution in [3.05, 3.63) is 60.2 Å². The second kappa shape index (κ2) is 11.9. The molecule has 3 aromatic rings. The van der Waals surface area contributed by atoms with E-state index < -0.39 is 5.82 Å². The number of benzene rings is 2. The van der Waals surface area contributed by atoms with Crippen LogP contribution in [-0.2, 0) is 6.54 Å². The molecule has 6 nitrogen and oxygen atoms in total. The minimum Gasteiger partial charge on any atom is -0.493 e. The Hall–Kier alpha value is -3.00. The van der Waals surface area contributed by atoms with Gasteiger partial charge in [0.05, 0.1) is 37.5 Å². The van der Waals surface area contributed by atoms with Crippen LogP contribution in [0.25, 0.3) is 11.4 Å². The van der Waals surface area contributed by atoms with Crippen molar-refractivity contribution >= 4 is 23.1 Å². The summed E-state index contributed by atoms with van der Waals surface area (Å²) in [6, 6.07) is 11.3. The number of methoxy groups -OCH3 is 1. The van der Waals surface area contributed by atoms with Crippen molar-refractivity contribution < 1.29 is 13.9 Å². The smallest absolute Gasteiger partial charge is 0.161 e. The van der Waals surface area contributed by atoms with Crippen LogP contribution in [-0.4, -0.2) is 36.2 Å². The van der Waals surface area contributed by atoms with Crippen molar-refractivity contribution in [3.8, 4) is 22.9 Å². The number of halogens is 1. The monoisotopic (exact) mass is 430 g/mol. The molecule has 0 saturated carbocycles. The molecular weight excluding hydrogens is 403 g/mol. The Labute approximate surface area is 181 Å². The molecule has 0 aliphatic heterocycles. The number of anilines is 2. The highest BCUT2D eigenvalue weighted by molar-refractivity contribution is 7.97. The number of ether oxygens (including phenoxy) is 2. The molecule has 0 bridgehead atoms. The maximum absolute atomic E-state index is 13.0. The second-order valence-electron chi connectivity index (χ2n) is 6.17. The number of aromatic nitrogens is 2. The molecule has 0 amide bonds. The summed E-state index contributed by atoms with van der Waals surface area (Å²) in [4.78, 5) is 7.99. The molecule has 0 saturated heterocycles. The fourth-order valence-corrected chi connectivity index (χ4v) is 2.66. The van der Waals surface area contributed by atoms with Crippen molar-refractivity contribution in [3.63, 3.8) is 0 Å². The lowest BCUT2D eigenvalue weighted by Crippen LogP contribution is -2.05. The largest absolute Gasteiger partial charge is 0.493 e. The van der Waals surface area contributed by atoms with E-state index in [1.807, 2.05) is 49.8 Å². The maximum atomic E-state index is 13.0. The molecule has 160 valence electrons. The van der Waals surface area contributed by atoms with Gasteiger partial charge in [0.25, 0.3) is 0 Å². The molecule has 0 radical (unpaired) electrons. The van der Waals surface area contributed by atoms with Gasteiger partial charge in [0.1, 0.15) is 0 Å². The van der Waals surface area contributed by atoms with Crippen molar-refractivity contribution in [2.75, 3.05) is 37.3 Å². The van der Waals surface area contributed by atoms with Crippen molar-refractivity contribution in [1.82, 2.24) is 9.97 Å². The van der Waals surface area contributed by atoms with Gasteiger partial charge in [-0.2, -0.15) is 11.8 Å². The quantitative estimate of drug-likeness (QED) is 0.518. The summed E-state index contributed by atoms with van der Waals surface area (Å²) in [6.07, 6.45) is 6.32. The summed E-state index contributed by atoms with van der Waals surface area (Å²) < 4.78 is 24.0. The first-order valence-corrected chi connectivity index (χ1v) is 11.0. The van der Waals surface area contributed by atoms with Gasteiger partial charge in [0, 0.05) is 12.1 Å². The van der Waals surface area contributed by atoms with Crippen LogP contribution in [0.15, 0.2) is 48.8 Å². The zero-order valence-corrected chi connectivity index (χ0v) is 18.4. The van der Waals surface area contributed by atoms with Crippen molar-refractivity contribution in [2.45, 2.75) is 13.5 Å². The lowest BCUT2D eigenvalue weighted by atomic mass is 10.1. The van der Waals surface area contributed by atoms with Gasteiger partial charge in [-0.3, -0.25) is 0 Å². The molecule has 0 aliphatic rings. The molecule has 0 unspecified atom stereocenters. The van der Waals surface area contributed by atoms with E-state index in [4.69, 9.17) is 15.2 Å². The fraction of sp³-hybridized carbons (Fsp3) is 0.273. The van der Waals surface area contributed by atoms with Crippen LogP contribution in [0.4, 0.5) is 15.8 Å². The lowest BCUT2D eigenvalue weighted by molar-refractivity contribution is 0.310. The van der Waals surface area contributed by atoms with E-state index in [0.717, 1.165) is 23.6 Å². The number of rotatable bonds is 7. The van der Waals surface area contributed by atoms with Gasteiger partial charge >= 0.3 is 0 Å². The SMILES string of the molecule is CCOc1cc(CNc2cccc(-c3ncc(F)cn3)c2N)ccc1OC.CSC. The topological polar surface area (TPSA) is 82.3 Å². The van der Waals surface area contributed by atoms with Crippen LogP contribution < -0.4 is 20.5 Å². The van der Waals surface area contributed by atoms with Gasteiger partial charge in [-0.25, -0.2) is 14.4 Å². The third kappa shape index (κ3) is 6.25. The van der Waals surface area contributed by atoms with Gasteiger partial charge < -0.3 is 20.5 Å². The van der Waals surface area contributed by atoms with Crippen molar-refractivity contribution in [2.24, 2.45) is 0 Å². The third-order valence-electron chi connectivity index (χ3n) is 3.98. The normalized spacial score (nSPS) is 10.0. The number of para-hydroxylation sites is 1. The summed E-state index contributed by atoms with van der Waals surface area (Å²) in [5, 5.41) is 3.31. The molecule has 0 aliphatic carbocycles. The predicted molar refractivity (Wildman–Crippen MR) is 123 cm³/mol. The molecule has 1 heterocycles. The molecule has 0 atom stereocenters. The van der Waals surface area contributed by atoms with E-state index >= 15 is 0 Å². The Kier molecular flexibility index (Phi) is 9.21. The number of nitrogens with one attached hydrogen (secondary N) is 1. The molecule has 1 aromatic heterocycles. The zero-order chi connectivity index (χ0) is 21.9. The van der Waals surface area contributed by atoms with E-state index in [0.29, 0.717) is 41.7 Å². The maximum Gasteiger partial charge on any atom is 0.161 e. The highest BCUT2D eigenvalue weighted by atomic mass is 32.2. The predicted octanol–water partition coefficient (Wildman–Crippen LogP) is 4.86.